The molecule has 1 aromatic heterocycles. The van der Waals surface area contributed by atoms with Crippen LogP contribution in [0.4, 0.5) is 0 Å². The number of fused-ring (bicyclic) bond motifs is 1. The number of hydrogen-bond acceptors (Lipinski definition) is 4. The van der Waals surface area contributed by atoms with Crippen molar-refractivity contribution in [2.24, 2.45) is 0 Å². The number of hydrogen-bond donors (Lipinski definition) is 0. The molecule has 0 aliphatic heterocycles. The van der Waals surface area contributed by atoms with Gasteiger partial charge in [0, 0.05) is 5.56 Å². The molecule has 0 atom stereocenters. The van der Waals surface area contributed by atoms with Crippen molar-refractivity contribution in [3.05, 3.63) is 70.3 Å². The van der Waals surface area contributed by atoms with Gasteiger partial charge in [-0.15, -0.1) is 0 Å². The minimum Gasteiger partial charge on any atom is -0.497 e. The van der Waals surface area contributed by atoms with Crippen LogP contribution in [0, 0.1) is 23.2 Å². The molecule has 0 spiro atoms. The van der Waals surface area contributed by atoms with Gasteiger partial charge in [-0.25, -0.2) is 4.98 Å². The van der Waals surface area contributed by atoms with Crippen molar-refractivity contribution in [3.63, 3.8) is 0 Å². The van der Waals surface area contributed by atoms with Crippen LogP contribution in [0.25, 0.3) is 10.9 Å². The fourth-order valence-electron chi connectivity index (χ4n) is 2.30. The van der Waals surface area contributed by atoms with E-state index < -0.39 is 0 Å². The van der Waals surface area contributed by atoms with Crippen LogP contribution in [-0.4, -0.2) is 16.7 Å². The van der Waals surface area contributed by atoms with Gasteiger partial charge >= 0.3 is 0 Å². The minimum atomic E-state index is -0.263. The standard InChI is InChI=1S/C19H13N3O2/c1-24-15-10-8-14(9-11-15)5-4-12-22-18(13-20)21-17-7-3-2-6-16(17)19(22)23/h2-3,6-11H,12H2,1H3. The molecule has 0 N–H and O–H groups in total. The van der Waals surface area contributed by atoms with Crippen LogP contribution < -0.4 is 10.3 Å². The molecule has 0 radical (unpaired) electrons. The van der Waals surface area contributed by atoms with E-state index in [4.69, 9.17) is 4.74 Å². The summed E-state index contributed by atoms with van der Waals surface area (Å²) < 4.78 is 6.38. The maximum atomic E-state index is 12.5. The third-order valence-electron chi connectivity index (χ3n) is 3.52. The molecular formula is C19H13N3O2. The lowest BCUT2D eigenvalue weighted by Gasteiger charge is -2.05. The highest BCUT2D eigenvalue weighted by atomic mass is 16.5. The van der Waals surface area contributed by atoms with E-state index in [2.05, 4.69) is 16.8 Å². The van der Waals surface area contributed by atoms with Crippen molar-refractivity contribution in [2.45, 2.75) is 6.54 Å². The number of methoxy groups -OCH3 is 1. The lowest BCUT2D eigenvalue weighted by Crippen LogP contribution is -2.23. The second kappa shape index (κ2) is 6.68. The van der Waals surface area contributed by atoms with Crippen LogP contribution in [0.15, 0.2) is 53.3 Å². The summed E-state index contributed by atoms with van der Waals surface area (Å²) in [6.07, 6.45) is 0. The van der Waals surface area contributed by atoms with E-state index in [9.17, 15) is 10.1 Å². The van der Waals surface area contributed by atoms with Gasteiger partial charge in [-0.1, -0.05) is 24.0 Å². The third kappa shape index (κ3) is 2.97. The molecule has 2 aromatic carbocycles. The topological polar surface area (TPSA) is 67.9 Å². The Morgan fingerprint density at radius 2 is 1.92 bits per heavy atom. The number of nitrogens with zero attached hydrogens (tertiary/aromatic N) is 3. The van der Waals surface area contributed by atoms with Crippen molar-refractivity contribution in [2.75, 3.05) is 7.11 Å². The monoisotopic (exact) mass is 315 g/mol. The first kappa shape index (κ1) is 15.3. The van der Waals surface area contributed by atoms with Crippen molar-refractivity contribution >= 4 is 10.9 Å². The second-order valence-corrected chi connectivity index (χ2v) is 4.99. The highest BCUT2D eigenvalue weighted by Crippen LogP contribution is 2.10. The molecule has 5 heteroatoms. The summed E-state index contributed by atoms with van der Waals surface area (Å²) in [5.74, 6) is 6.70. The zero-order chi connectivity index (χ0) is 16.9. The van der Waals surface area contributed by atoms with E-state index >= 15 is 0 Å². The molecule has 0 unspecified atom stereocenters. The Hall–Kier alpha value is -3.57. The highest BCUT2D eigenvalue weighted by Gasteiger charge is 2.08. The summed E-state index contributed by atoms with van der Waals surface area (Å²) in [6, 6.07) is 16.2. The number of nitriles is 1. The number of ether oxygens (including phenoxy) is 1. The van der Waals surface area contributed by atoms with E-state index in [0.29, 0.717) is 10.9 Å². The van der Waals surface area contributed by atoms with E-state index in [1.54, 1.807) is 31.4 Å². The van der Waals surface area contributed by atoms with Gasteiger partial charge < -0.3 is 4.74 Å². The summed E-state index contributed by atoms with van der Waals surface area (Å²) in [4.78, 5) is 16.7. The van der Waals surface area contributed by atoms with Gasteiger partial charge in [0.05, 0.1) is 24.6 Å². The Kier molecular flexibility index (Phi) is 4.27. The molecule has 0 fully saturated rings. The van der Waals surface area contributed by atoms with Gasteiger partial charge in [-0.2, -0.15) is 5.26 Å². The normalized spacial score (nSPS) is 9.83. The summed E-state index contributed by atoms with van der Waals surface area (Å²) in [6.45, 7) is 0.103. The molecule has 0 amide bonds. The van der Waals surface area contributed by atoms with Crippen molar-refractivity contribution in [3.8, 4) is 23.7 Å². The van der Waals surface area contributed by atoms with Crippen LogP contribution in [-0.2, 0) is 6.54 Å². The molecule has 0 saturated carbocycles. The van der Waals surface area contributed by atoms with Crippen molar-refractivity contribution in [1.29, 1.82) is 5.26 Å². The van der Waals surface area contributed by atoms with Crippen LogP contribution in [0.5, 0.6) is 5.75 Å². The van der Waals surface area contributed by atoms with Crippen LogP contribution in [0.3, 0.4) is 0 Å². The Balaban J connectivity index is 1.96. The number of para-hydroxylation sites is 1. The predicted molar refractivity (Wildman–Crippen MR) is 90.6 cm³/mol. The van der Waals surface area contributed by atoms with E-state index in [1.165, 1.54) is 4.57 Å². The van der Waals surface area contributed by atoms with Crippen LogP contribution >= 0.6 is 0 Å². The van der Waals surface area contributed by atoms with E-state index in [1.807, 2.05) is 30.3 Å². The Morgan fingerprint density at radius 1 is 1.17 bits per heavy atom. The van der Waals surface area contributed by atoms with Gasteiger partial charge in [0.1, 0.15) is 11.8 Å². The van der Waals surface area contributed by atoms with Crippen molar-refractivity contribution < 1.29 is 4.74 Å². The second-order valence-electron chi connectivity index (χ2n) is 4.99. The van der Waals surface area contributed by atoms with Gasteiger partial charge in [-0.3, -0.25) is 9.36 Å². The molecule has 1 heterocycles. The minimum absolute atomic E-state index is 0.0581. The maximum absolute atomic E-state index is 12.5. The first-order chi connectivity index (χ1) is 11.7. The molecule has 24 heavy (non-hydrogen) atoms. The molecule has 0 aliphatic rings. The quantitative estimate of drug-likeness (QED) is 0.681. The molecule has 3 aromatic rings. The average Bonchev–Trinajstić information content (AvgIpc) is 2.64. The number of aromatic nitrogens is 2. The van der Waals surface area contributed by atoms with Crippen LogP contribution in [0.2, 0.25) is 0 Å². The first-order valence-corrected chi connectivity index (χ1v) is 7.25. The lowest BCUT2D eigenvalue weighted by molar-refractivity contribution is 0.415. The Morgan fingerprint density at radius 3 is 2.62 bits per heavy atom. The zero-order valence-electron chi connectivity index (χ0n) is 13.0. The predicted octanol–water partition coefficient (Wildman–Crippen LogP) is 2.33. The third-order valence-corrected chi connectivity index (χ3v) is 3.52. The smallest absolute Gasteiger partial charge is 0.263 e. The molecule has 3 rings (SSSR count). The Labute approximate surface area is 138 Å². The van der Waals surface area contributed by atoms with Gasteiger partial charge in [0.25, 0.3) is 5.56 Å². The molecular weight excluding hydrogens is 302 g/mol. The van der Waals surface area contributed by atoms with Gasteiger partial charge in [-0.05, 0) is 36.4 Å². The zero-order valence-corrected chi connectivity index (χ0v) is 13.0. The first-order valence-electron chi connectivity index (χ1n) is 7.25. The molecule has 0 bridgehead atoms. The van der Waals surface area contributed by atoms with E-state index in [0.717, 1.165) is 11.3 Å². The summed E-state index contributed by atoms with van der Waals surface area (Å²) in [5, 5.41) is 9.72. The number of rotatable bonds is 2. The Bertz CT molecular complexity index is 1050. The fourth-order valence-corrected chi connectivity index (χ4v) is 2.30. The van der Waals surface area contributed by atoms with Crippen LogP contribution in [0.1, 0.15) is 11.4 Å². The molecule has 5 nitrogen and oxygen atoms in total. The maximum Gasteiger partial charge on any atom is 0.263 e. The summed E-state index contributed by atoms with van der Waals surface area (Å²) in [7, 11) is 1.60. The SMILES string of the molecule is COc1ccc(C#CCn2c(C#N)nc3ccccc3c2=O)cc1. The molecule has 116 valence electrons. The van der Waals surface area contributed by atoms with E-state index in [-0.39, 0.29) is 17.9 Å². The highest BCUT2D eigenvalue weighted by molar-refractivity contribution is 5.77. The summed E-state index contributed by atoms with van der Waals surface area (Å²) >= 11 is 0. The van der Waals surface area contributed by atoms with Gasteiger partial charge in [0.2, 0.25) is 5.82 Å². The van der Waals surface area contributed by atoms with Crippen molar-refractivity contribution in [1.82, 2.24) is 9.55 Å². The fraction of sp³-hybridized carbons (Fsp3) is 0.105. The number of benzene rings is 2. The van der Waals surface area contributed by atoms with Gasteiger partial charge in [0.15, 0.2) is 0 Å². The lowest BCUT2D eigenvalue weighted by atomic mass is 10.2. The summed E-state index contributed by atoms with van der Waals surface area (Å²) in [5.41, 5.74) is 1.05. The largest absolute Gasteiger partial charge is 0.497 e. The molecule has 0 aliphatic carbocycles. The molecule has 0 saturated heterocycles. The average molecular weight is 315 g/mol.